The van der Waals surface area contributed by atoms with Crippen LogP contribution in [0.2, 0.25) is 0 Å². The molecule has 2 rings (SSSR count). The van der Waals surface area contributed by atoms with Crippen LogP contribution in [0.1, 0.15) is 18.4 Å². The van der Waals surface area contributed by atoms with E-state index < -0.39 is 5.79 Å². The standard InChI is InChI=1S/C12H16N4/c1-9(10-5-3-2-4-6-10)12(14)15-8-7-11(13)16-12/h2-9,15H,14H2,1H3,(H2,13,16)/t9-,12?/m0/s1. The molecule has 0 saturated heterocycles. The lowest BCUT2D eigenvalue weighted by atomic mass is 9.94. The Balaban J connectivity index is 2.29. The molecule has 4 heteroatoms. The average molecular weight is 216 g/mol. The Morgan fingerprint density at radius 2 is 2.00 bits per heavy atom. The highest BCUT2D eigenvalue weighted by Gasteiger charge is 2.32. The maximum absolute atomic E-state index is 6.20. The van der Waals surface area contributed by atoms with Crippen LogP contribution in [0.5, 0.6) is 0 Å². The van der Waals surface area contributed by atoms with E-state index in [0.29, 0.717) is 5.84 Å². The van der Waals surface area contributed by atoms with Gasteiger partial charge in [-0.2, -0.15) is 0 Å². The molecular formula is C12H16N4. The molecule has 0 radical (unpaired) electrons. The van der Waals surface area contributed by atoms with E-state index in [1.54, 1.807) is 12.3 Å². The van der Waals surface area contributed by atoms with Gasteiger partial charge in [-0.1, -0.05) is 37.3 Å². The molecule has 1 aliphatic rings. The van der Waals surface area contributed by atoms with Crippen molar-refractivity contribution in [2.75, 3.05) is 0 Å². The number of nitrogens with two attached hydrogens (primary N) is 2. The van der Waals surface area contributed by atoms with Gasteiger partial charge in [-0.3, -0.25) is 5.73 Å². The summed E-state index contributed by atoms with van der Waals surface area (Å²) in [4.78, 5) is 4.26. The minimum Gasteiger partial charge on any atom is -0.384 e. The predicted molar refractivity (Wildman–Crippen MR) is 65.7 cm³/mol. The molecule has 1 heterocycles. The van der Waals surface area contributed by atoms with E-state index >= 15 is 0 Å². The number of benzene rings is 1. The Kier molecular flexibility index (Phi) is 2.66. The largest absolute Gasteiger partial charge is 0.384 e. The van der Waals surface area contributed by atoms with Crippen molar-refractivity contribution >= 4 is 5.84 Å². The molecule has 2 atom stereocenters. The number of nitrogens with zero attached hydrogens (tertiary/aromatic N) is 1. The zero-order valence-corrected chi connectivity index (χ0v) is 9.22. The Labute approximate surface area is 95.1 Å². The molecule has 0 amide bonds. The first kappa shape index (κ1) is 10.7. The summed E-state index contributed by atoms with van der Waals surface area (Å²) in [5, 5.41) is 3.05. The fraction of sp³-hybridized carbons (Fsp3) is 0.250. The quantitative estimate of drug-likeness (QED) is 0.686. The number of hydrogen-bond acceptors (Lipinski definition) is 4. The van der Waals surface area contributed by atoms with Crippen LogP contribution in [0, 0.1) is 0 Å². The van der Waals surface area contributed by atoms with Crippen LogP contribution in [0.4, 0.5) is 0 Å². The van der Waals surface area contributed by atoms with Crippen LogP contribution in [0.25, 0.3) is 0 Å². The Morgan fingerprint density at radius 3 is 2.62 bits per heavy atom. The molecule has 1 aliphatic heterocycles. The van der Waals surface area contributed by atoms with Crippen LogP contribution in [0.15, 0.2) is 47.6 Å². The summed E-state index contributed by atoms with van der Waals surface area (Å²) in [5.41, 5.74) is 13.0. The van der Waals surface area contributed by atoms with E-state index in [9.17, 15) is 0 Å². The molecule has 0 spiro atoms. The van der Waals surface area contributed by atoms with Crippen molar-refractivity contribution in [3.63, 3.8) is 0 Å². The summed E-state index contributed by atoms with van der Waals surface area (Å²) in [6.45, 7) is 2.03. The van der Waals surface area contributed by atoms with Gasteiger partial charge in [0.15, 0.2) is 5.79 Å². The molecule has 0 aromatic heterocycles. The molecule has 1 aromatic rings. The van der Waals surface area contributed by atoms with Gasteiger partial charge in [0.1, 0.15) is 5.84 Å². The third-order valence-electron chi connectivity index (χ3n) is 2.84. The van der Waals surface area contributed by atoms with Crippen LogP contribution in [0.3, 0.4) is 0 Å². The first-order valence-corrected chi connectivity index (χ1v) is 5.25. The molecule has 0 bridgehead atoms. The molecule has 1 unspecified atom stereocenters. The van der Waals surface area contributed by atoms with Crippen LogP contribution in [-0.2, 0) is 0 Å². The van der Waals surface area contributed by atoms with E-state index in [4.69, 9.17) is 11.5 Å². The molecule has 84 valence electrons. The average Bonchev–Trinajstić information content (AvgIpc) is 2.29. The molecular weight excluding hydrogens is 200 g/mol. The minimum atomic E-state index is -0.861. The van der Waals surface area contributed by atoms with E-state index in [-0.39, 0.29) is 5.92 Å². The van der Waals surface area contributed by atoms with Gasteiger partial charge < -0.3 is 11.1 Å². The van der Waals surface area contributed by atoms with Crippen LogP contribution in [-0.4, -0.2) is 11.6 Å². The van der Waals surface area contributed by atoms with E-state index in [2.05, 4.69) is 10.3 Å². The molecule has 1 aromatic carbocycles. The lowest BCUT2D eigenvalue weighted by Crippen LogP contribution is -2.56. The van der Waals surface area contributed by atoms with Crippen molar-refractivity contribution in [2.24, 2.45) is 16.5 Å². The van der Waals surface area contributed by atoms with Crippen molar-refractivity contribution in [3.05, 3.63) is 48.2 Å². The highest BCUT2D eigenvalue weighted by molar-refractivity contribution is 5.92. The number of nitrogens with one attached hydrogen (secondary N) is 1. The monoisotopic (exact) mass is 216 g/mol. The van der Waals surface area contributed by atoms with Crippen molar-refractivity contribution in [3.8, 4) is 0 Å². The van der Waals surface area contributed by atoms with Crippen molar-refractivity contribution in [1.29, 1.82) is 0 Å². The topological polar surface area (TPSA) is 76.4 Å². The third kappa shape index (κ3) is 1.92. The summed E-state index contributed by atoms with van der Waals surface area (Å²) in [6, 6.07) is 10.0. The van der Waals surface area contributed by atoms with Crippen LogP contribution < -0.4 is 16.8 Å². The summed E-state index contributed by atoms with van der Waals surface area (Å²) in [5.74, 6) is -0.374. The second-order valence-corrected chi connectivity index (χ2v) is 3.97. The van der Waals surface area contributed by atoms with Crippen molar-refractivity contribution in [1.82, 2.24) is 5.32 Å². The number of amidine groups is 1. The maximum atomic E-state index is 6.20. The fourth-order valence-electron chi connectivity index (χ4n) is 1.76. The van der Waals surface area contributed by atoms with Gasteiger partial charge in [0, 0.05) is 12.1 Å². The van der Waals surface area contributed by atoms with Gasteiger partial charge in [-0.15, -0.1) is 0 Å². The summed E-state index contributed by atoms with van der Waals surface area (Å²) < 4.78 is 0. The second kappa shape index (κ2) is 3.98. The molecule has 16 heavy (non-hydrogen) atoms. The van der Waals surface area contributed by atoms with Crippen LogP contribution >= 0.6 is 0 Å². The maximum Gasteiger partial charge on any atom is 0.190 e. The Bertz CT molecular complexity index is 424. The van der Waals surface area contributed by atoms with Gasteiger partial charge in [-0.05, 0) is 11.6 Å². The minimum absolute atomic E-state index is 0.0391. The summed E-state index contributed by atoms with van der Waals surface area (Å²) >= 11 is 0. The molecule has 0 saturated carbocycles. The van der Waals surface area contributed by atoms with Crippen molar-refractivity contribution < 1.29 is 0 Å². The third-order valence-corrected chi connectivity index (χ3v) is 2.84. The Hall–Kier alpha value is -1.81. The van der Waals surface area contributed by atoms with Gasteiger partial charge in [0.2, 0.25) is 0 Å². The van der Waals surface area contributed by atoms with E-state index in [1.165, 1.54) is 0 Å². The number of rotatable bonds is 2. The van der Waals surface area contributed by atoms with E-state index in [0.717, 1.165) is 5.56 Å². The normalized spacial score (nSPS) is 25.8. The lowest BCUT2D eigenvalue weighted by molar-refractivity contribution is 0.332. The molecule has 5 N–H and O–H groups in total. The molecule has 0 aliphatic carbocycles. The first-order chi connectivity index (χ1) is 7.62. The first-order valence-electron chi connectivity index (χ1n) is 5.25. The highest BCUT2D eigenvalue weighted by atomic mass is 15.3. The zero-order valence-electron chi connectivity index (χ0n) is 9.22. The SMILES string of the molecule is C[C@@H](c1ccccc1)C1(N)N=C(N)C=CN1. The highest BCUT2D eigenvalue weighted by Crippen LogP contribution is 2.26. The summed E-state index contributed by atoms with van der Waals surface area (Å²) in [6.07, 6.45) is 3.44. The zero-order chi connectivity index (χ0) is 11.6. The van der Waals surface area contributed by atoms with Crippen molar-refractivity contribution in [2.45, 2.75) is 18.6 Å². The second-order valence-electron chi connectivity index (χ2n) is 3.97. The number of aliphatic imine (C=N–C) groups is 1. The Morgan fingerprint density at radius 1 is 1.31 bits per heavy atom. The predicted octanol–water partition coefficient (Wildman–Crippen LogP) is 0.877. The number of hydrogen-bond donors (Lipinski definition) is 3. The lowest BCUT2D eigenvalue weighted by Gasteiger charge is -2.34. The van der Waals surface area contributed by atoms with Gasteiger partial charge in [0.05, 0.1) is 0 Å². The van der Waals surface area contributed by atoms with Gasteiger partial charge in [0.25, 0.3) is 0 Å². The molecule has 0 fully saturated rings. The van der Waals surface area contributed by atoms with Gasteiger partial charge in [-0.25, -0.2) is 4.99 Å². The molecule has 4 nitrogen and oxygen atoms in total. The summed E-state index contributed by atoms with van der Waals surface area (Å²) in [7, 11) is 0. The van der Waals surface area contributed by atoms with Gasteiger partial charge >= 0.3 is 0 Å². The smallest absolute Gasteiger partial charge is 0.190 e. The fourth-order valence-corrected chi connectivity index (χ4v) is 1.76. The van der Waals surface area contributed by atoms with E-state index in [1.807, 2.05) is 37.3 Å².